The lowest BCUT2D eigenvalue weighted by Crippen LogP contribution is -2.15. The number of halogens is 1. The fraction of sp³-hybridized carbons (Fsp3) is 0.417. The molecule has 3 aromatic rings. The van der Waals surface area contributed by atoms with Gasteiger partial charge in [0.2, 0.25) is 5.91 Å². The lowest BCUT2D eigenvalue weighted by atomic mass is 9.89. The number of carbonyl (C=O) groups is 1. The van der Waals surface area contributed by atoms with Crippen molar-refractivity contribution in [2.75, 3.05) is 11.1 Å². The lowest BCUT2D eigenvalue weighted by molar-refractivity contribution is -0.113. The predicted molar refractivity (Wildman–Crippen MR) is 130 cm³/mol. The quantitative estimate of drug-likeness (QED) is 0.447. The van der Waals surface area contributed by atoms with Crippen molar-refractivity contribution >= 4 is 34.0 Å². The van der Waals surface area contributed by atoms with Crippen LogP contribution in [0.1, 0.15) is 43.2 Å². The molecule has 0 bridgehead atoms. The summed E-state index contributed by atoms with van der Waals surface area (Å²) < 4.78 is 16.2. The number of aromatic nitrogens is 3. The SMILES string of the molecule is CC(C)Cn1c(SCC(=O)Nc2sc3c(c2C#N)CCC(C)C3)nnc1-c1ccccc1F. The Morgan fingerprint density at radius 3 is 2.91 bits per heavy atom. The number of carbonyl (C=O) groups excluding carboxylic acids is 1. The van der Waals surface area contributed by atoms with E-state index in [1.807, 2.05) is 4.57 Å². The van der Waals surface area contributed by atoms with Crippen molar-refractivity contribution in [3.05, 3.63) is 46.1 Å². The molecule has 1 aliphatic rings. The number of hydrogen-bond acceptors (Lipinski definition) is 6. The van der Waals surface area contributed by atoms with Crippen LogP contribution in [0.25, 0.3) is 11.4 Å². The summed E-state index contributed by atoms with van der Waals surface area (Å²) in [6, 6.07) is 8.77. The highest BCUT2D eigenvalue weighted by Gasteiger charge is 2.25. The van der Waals surface area contributed by atoms with E-state index in [1.165, 1.54) is 34.0 Å². The number of nitrogens with one attached hydrogen (secondary N) is 1. The first-order valence-electron chi connectivity index (χ1n) is 11.0. The highest BCUT2D eigenvalue weighted by atomic mass is 32.2. The largest absolute Gasteiger partial charge is 0.316 e. The van der Waals surface area contributed by atoms with Crippen molar-refractivity contribution in [2.45, 2.75) is 51.7 Å². The number of thioether (sulfide) groups is 1. The number of nitriles is 1. The maximum Gasteiger partial charge on any atom is 0.235 e. The smallest absolute Gasteiger partial charge is 0.235 e. The zero-order chi connectivity index (χ0) is 23.5. The molecule has 0 aliphatic heterocycles. The van der Waals surface area contributed by atoms with Crippen LogP contribution >= 0.6 is 23.1 Å². The Kier molecular flexibility index (Phi) is 7.15. The molecule has 1 aliphatic carbocycles. The number of benzene rings is 1. The number of nitrogens with zero attached hydrogens (tertiary/aromatic N) is 4. The highest BCUT2D eigenvalue weighted by Crippen LogP contribution is 2.39. The van der Waals surface area contributed by atoms with E-state index in [2.05, 4.69) is 42.4 Å². The minimum atomic E-state index is -0.357. The molecule has 2 heterocycles. The van der Waals surface area contributed by atoms with Gasteiger partial charge in [-0.3, -0.25) is 4.79 Å². The molecular formula is C24H26FN5OS2. The molecule has 1 atom stereocenters. The number of anilines is 1. The van der Waals surface area contributed by atoms with Crippen molar-refractivity contribution in [3.8, 4) is 17.5 Å². The average molecular weight is 484 g/mol. The summed E-state index contributed by atoms with van der Waals surface area (Å²) in [7, 11) is 0. The number of thiophene rings is 1. The molecule has 1 unspecified atom stereocenters. The molecule has 2 aromatic heterocycles. The summed E-state index contributed by atoms with van der Waals surface area (Å²) in [4.78, 5) is 14.0. The Labute approximate surface area is 201 Å². The van der Waals surface area contributed by atoms with Crippen LogP contribution in [0.5, 0.6) is 0 Å². The maximum atomic E-state index is 14.4. The molecule has 0 fully saturated rings. The normalized spacial score (nSPS) is 15.3. The average Bonchev–Trinajstić information content (AvgIpc) is 3.32. The molecule has 1 N–H and O–H groups in total. The Balaban J connectivity index is 1.50. The van der Waals surface area contributed by atoms with Gasteiger partial charge in [0.25, 0.3) is 0 Å². The molecule has 1 amide bonds. The first kappa shape index (κ1) is 23.5. The van der Waals surface area contributed by atoms with E-state index in [4.69, 9.17) is 0 Å². The summed E-state index contributed by atoms with van der Waals surface area (Å²) >= 11 is 2.78. The Bertz CT molecular complexity index is 1210. The number of rotatable bonds is 7. The van der Waals surface area contributed by atoms with Gasteiger partial charge in [-0.15, -0.1) is 21.5 Å². The highest BCUT2D eigenvalue weighted by molar-refractivity contribution is 7.99. The monoisotopic (exact) mass is 483 g/mol. The van der Waals surface area contributed by atoms with E-state index in [-0.39, 0.29) is 23.4 Å². The van der Waals surface area contributed by atoms with Gasteiger partial charge in [0, 0.05) is 11.4 Å². The Morgan fingerprint density at radius 1 is 1.39 bits per heavy atom. The van der Waals surface area contributed by atoms with Gasteiger partial charge in [-0.05, 0) is 48.8 Å². The van der Waals surface area contributed by atoms with Gasteiger partial charge in [-0.1, -0.05) is 44.7 Å². The molecule has 0 saturated carbocycles. The zero-order valence-electron chi connectivity index (χ0n) is 18.9. The second-order valence-electron chi connectivity index (χ2n) is 8.80. The first-order valence-corrected chi connectivity index (χ1v) is 12.8. The summed E-state index contributed by atoms with van der Waals surface area (Å²) in [5.41, 5.74) is 2.08. The van der Waals surface area contributed by atoms with Crippen molar-refractivity contribution in [1.82, 2.24) is 14.8 Å². The van der Waals surface area contributed by atoms with Gasteiger partial charge in [0.1, 0.15) is 16.9 Å². The van der Waals surface area contributed by atoms with Gasteiger partial charge < -0.3 is 9.88 Å². The zero-order valence-corrected chi connectivity index (χ0v) is 20.5. The summed E-state index contributed by atoms with van der Waals surface area (Å²) in [5, 5.41) is 22.2. The molecule has 4 rings (SSSR count). The minimum absolute atomic E-state index is 0.122. The Morgan fingerprint density at radius 2 is 2.18 bits per heavy atom. The molecule has 0 spiro atoms. The van der Waals surface area contributed by atoms with Gasteiger partial charge >= 0.3 is 0 Å². The standard InChI is InChI=1S/C24H26FN5OS2/c1-14(2)12-30-22(17-6-4-5-7-19(17)25)28-29-24(30)32-13-21(31)27-23-18(11-26)16-9-8-15(3)10-20(16)33-23/h4-7,14-15H,8-10,12-13H2,1-3H3,(H,27,31). The van der Waals surface area contributed by atoms with E-state index in [0.29, 0.717) is 39.6 Å². The lowest BCUT2D eigenvalue weighted by Gasteiger charge is -2.17. The number of fused-ring (bicyclic) bond motifs is 1. The van der Waals surface area contributed by atoms with Crippen LogP contribution in [-0.4, -0.2) is 26.4 Å². The van der Waals surface area contributed by atoms with Crippen LogP contribution in [0.4, 0.5) is 9.39 Å². The fourth-order valence-electron chi connectivity index (χ4n) is 4.02. The van der Waals surface area contributed by atoms with Crippen molar-refractivity contribution in [3.63, 3.8) is 0 Å². The maximum absolute atomic E-state index is 14.4. The minimum Gasteiger partial charge on any atom is -0.316 e. The van der Waals surface area contributed by atoms with E-state index in [1.54, 1.807) is 18.2 Å². The van der Waals surface area contributed by atoms with Gasteiger partial charge in [0.15, 0.2) is 11.0 Å². The van der Waals surface area contributed by atoms with Crippen LogP contribution in [0, 0.1) is 29.0 Å². The topological polar surface area (TPSA) is 83.6 Å². The van der Waals surface area contributed by atoms with Crippen molar-refractivity contribution in [2.24, 2.45) is 11.8 Å². The van der Waals surface area contributed by atoms with E-state index in [9.17, 15) is 14.4 Å². The molecule has 6 nitrogen and oxygen atoms in total. The molecule has 33 heavy (non-hydrogen) atoms. The fourth-order valence-corrected chi connectivity index (χ4v) is 6.14. The third-order valence-electron chi connectivity index (χ3n) is 5.59. The third kappa shape index (κ3) is 5.12. The molecule has 1 aromatic carbocycles. The molecule has 0 saturated heterocycles. The molecule has 0 radical (unpaired) electrons. The van der Waals surface area contributed by atoms with E-state index >= 15 is 0 Å². The third-order valence-corrected chi connectivity index (χ3v) is 7.72. The van der Waals surface area contributed by atoms with Crippen molar-refractivity contribution in [1.29, 1.82) is 5.26 Å². The summed E-state index contributed by atoms with van der Waals surface area (Å²) in [5.74, 6) is 0.906. The second kappa shape index (κ2) is 10.1. The molecular weight excluding hydrogens is 457 g/mol. The predicted octanol–water partition coefficient (Wildman–Crippen LogP) is 5.53. The van der Waals surface area contributed by atoms with Gasteiger partial charge in [-0.25, -0.2) is 4.39 Å². The van der Waals surface area contributed by atoms with Crippen LogP contribution in [-0.2, 0) is 24.2 Å². The van der Waals surface area contributed by atoms with Crippen LogP contribution in [0.2, 0.25) is 0 Å². The first-order chi connectivity index (χ1) is 15.9. The molecule has 9 heteroatoms. The van der Waals surface area contributed by atoms with E-state index < -0.39 is 0 Å². The van der Waals surface area contributed by atoms with Crippen LogP contribution in [0.15, 0.2) is 29.4 Å². The van der Waals surface area contributed by atoms with Gasteiger partial charge in [0.05, 0.1) is 16.9 Å². The van der Waals surface area contributed by atoms with Crippen LogP contribution < -0.4 is 5.32 Å². The number of amides is 1. The number of hydrogen-bond donors (Lipinski definition) is 1. The molecule has 172 valence electrons. The van der Waals surface area contributed by atoms with Gasteiger partial charge in [-0.2, -0.15) is 5.26 Å². The van der Waals surface area contributed by atoms with Crippen LogP contribution in [0.3, 0.4) is 0 Å². The second-order valence-corrected chi connectivity index (χ2v) is 10.8. The van der Waals surface area contributed by atoms with E-state index in [0.717, 1.165) is 24.8 Å². The summed E-state index contributed by atoms with van der Waals surface area (Å²) in [6.07, 6.45) is 2.91. The van der Waals surface area contributed by atoms with Crippen molar-refractivity contribution < 1.29 is 9.18 Å². The summed E-state index contributed by atoms with van der Waals surface area (Å²) in [6.45, 7) is 6.95. The Hall–Kier alpha value is -2.70.